The van der Waals surface area contributed by atoms with Crippen molar-refractivity contribution in [3.63, 3.8) is 0 Å². The number of esters is 1. The van der Waals surface area contributed by atoms with E-state index in [1.807, 2.05) is 27.7 Å². The summed E-state index contributed by atoms with van der Waals surface area (Å²) < 4.78 is 7.44. The summed E-state index contributed by atoms with van der Waals surface area (Å²) in [6, 6.07) is -0.263. The van der Waals surface area contributed by atoms with Gasteiger partial charge < -0.3 is 4.74 Å². The number of fused-ring (bicyclic) bond motifs is 1. The van der Waals surface area contributed by atoms with Crippen molar-refractivity contribution in [1.82, 2.24) is 9.55 Å². The highest BCUT2D eigenvalue weighted by molar-refractivity contribution is 9.11. The summed E-state index contributed by atoms with van der Waals surface area (Å²) in [5, 5.41) is 0.534. The molecule has 130 valence electrons. The third kappa shape index (κ3) is 2.97. The Kier molecular flexibility index (Phi) is 4.24. The molecule has 6 nitrogen and oxygen atoms in total. The van der Waals surface area contributed by atoms with E-state index in [0.29, 0.717) is 23.1 Å². The van der Waals surface area contributed by atoms with Crippen molar-refractivity contribution >= 4 is 43.5 Å². The van der Waals surface area contributed by atoms with Crippen molar-refractivity contribution in [3.05, 3.63) is 30.2 Å². The number of thiophene rings is 1. The van der Waals surface area contributed by atoms with Gasteiger partial charge in [0.15, 0.2) is 0 Å². The number of nitrogens with one attached hydrogen (secondary N) is 1. The number of aromatic amines is 1. The Morgan fingerprint density at radius 1 is 1.33 bits per heavy atom. The fourth-order valence-electron chi connectivity index (χ4n) is 2.91. The molecule has 0 radical (unpaired) electrons. The third-order valence-corrected chi connectivity index (χ3v) is 6.26. The van der Waals surface area contributed by atoms with E-state index in [4.69, 9.17) is 4.74 Å². The van der Waals surface area contributed by atoms with Gasteiger partial charge in [0, 0.05) is 6.04 Å². The van der Waals surface area contributed by atoms with Crippen LogP contribution in [0.3, 0.4) is 0 Å². The second-order valence-electron chi connectivity index (χ2n) is 7.17. The molecular formula is C16H19BrN2O4S. The summed E-state index contributed by atoms with van der Waals surface area (Å²) in [5.41, 5.74) is -0.419. The number of rotatable bonds is 2. The van der Waals surface area contributed by atoms with Crippen LogP contribution in [0.1, 0.15) is 45.2 Å². The molecule has 1 N–H and O–H groups in total. The summed E-state index contributed by atoms with van der Waals surface area (Å²) in [7, 11) is 0. The van der Waals surface area contributed by atoms with Crippen LogP contribution in [0.5, 0.6) is 0 Å². The molecule has 2 heterocycles. The first-order valence-electron chi connectivity index (χ1n) is 7.74. The van der Waals surface area contributed by atoms with Crippen molar-refractivity contribution in [2.45, 2.75) is 52.2 Å². The second kappa shape index (κ2) is 5.84. The van der Waals surface area contributed by atoms with Crippen LogP contribution in [0.25, 0.3) is 10.2 Å². The van der Waals surface area contributed by atoms with E-state index in [9.17, 15) is 14.4 Å². The van der Waals surface area contributed by atoms with Gasteiger partial charge in [-0.1, -0.05) is 0 Å². The third-order valence-electron chi connectivity index (χ3n) is 4.18. The first-order valence-corrected chi connectivity index (χ1v) is 9.35. The van der Waals surface area contributed by atoms with Crippen LogP contribution in [0.2, 0.25) is 0 Å². The Balaban J connectivity index is 1.88. The zero-order valence-electron chi connectivity index (χ0n) is 13.9. The molecule has 0 aromatic carbocycles. The second-order valence-corrected chi connectivity index (χ2v) is 9.50. The molecule has 2 aromatic heterocycles. The van der Waals surface area contributed by atoms with Crippen LogP contribution in [0.15, 0.2) is 13.4 Å². The van der Waals surface area contributed by atoms with Crippen molar-refractivity contribution in [3.8, 4) is 0 Å². The minimum absolute atomic E-state index is 0.258. The number of H-pyrrole nitrogens is 1. The number of carbonyl (C=O) groups excluding carboxylic acids is 1. The van der Waals surface area contributed by atoms with Gasteiger partial charge in [-0.3, -0.25) is 19.1 Å². The molecule has 0 saturated heterocycles. The number of carbonyl (C=O) groups is 1. The first kappa shape index (κ1) is 17.4. The molecule has 0 unspecified atom stereocenters. The highest BCUT2D eigenvalue weighted by atomic mass is 79.9. The Labute approximate surface area is 151 Å². The van der Waals surface area contributed by atoms with Crippen LogP contribution in [0, 0.1) is 12.8 Å². The topological polar surface area (TPSA) is 81.2 Å². The number of ether oxygens (including phenoxy) is 1. The largest absolute Gasteiger partial charge is 0.460 e. The van der Waals surface area contributed by atoms with Crippen molar-refractivity contribution in [2.24, 2.45) is 5.92 Å². The Morgan fingerprint density at radius 2 is 1.96 bits per heavy atom. The number of aryl methyl sites for hydroxylation is 1. The van der Waals surface area contributed by atoms with Gasteiger partial charge in [0.1, 0.15) is 10.4 Å². The summed E-state index contributed by atoms with van der Waals surface area (Å²) in [6.07, 6.45) is 0.904. The molecule has 1 aliphatic rings. The Morgan fingerprint density at radius 3 is 2.54 bits per heavy atom. The van der Waals surface area contributed by atoms with Crippen molar-refractivity contribution in [1.29, 1.82) is 0 Å². The maximum atomic E-state index is 12.7. The maximum absolute atomic E-state index is 12.7. The Hall–Kier alpha value is -1.41. The van der Waals surface area contributed by atoms with Crippen LogP contribution in [-0.4, -0.2) is 21.1 Å². The SMILES string of the molecule is Cc1c(Br)sc2[nH]c(=O)n(C3CC(C(=O)OC(C)(C)C)C3)c(=O)c12. The number of nitrogens with zero attached hydrogens (tertiary/aromatic N) is 1. The average molecular weight is 415 g/mol. The maximum Gasteiger partial charge on any atom is 0.329 e. The van der Waals surface area contributed by atoms with Gasteiger partial charge in [-0.2, -0.15) is 0 Å². The number of halogens is 1. The summed E-state index contributed by atoms with van der Waals surface area (Å²) >= 11 is 4.74. The monoisotopic (exact) mass is 414 g/mol. The normalized spacial score (nSPS) is 20.9. The quantitative estimate of drug-likeness (QED) is 0.765. The summed E-state index contributed by atoms with van der Waals surface area (Å²) in [4.78, 5) is 40.4. The van der Waals surface area contributed by atoms with E-state index in [1.54, 1.807) is 0 Å². The molecule has 0 atom stereocenters. The molecule has 1 fully saturated rings. The van der Waals surface area contributed by atoms with Gasteiger partial charge in [-0.05, 0) is 62.0 Å². The average Bonchev–Trinajstić information content (AvgIpc) is 2.64. The van der Waals surface area contributed by atoms with Crippen LogP contribution in [0.4, 0.5) is 0 Å². The van der Waals surface area contributed by atoms with Crippen LogP contribution in [-0.2, 0) is 9.53 Å². The summed E-state index contributed by atoms with van der Waals surface area (Å²) in [6.45, 7) is 7.31. The van der Waals surface area contributed by atoms with Crippen LogP contribution >= 0.6 is 27.3 Å². The first-order chi connectivity index (χ1) is 11.1. The van der Waals surface area contributed by atoms with Gasteiger partial charge in [0.2, 0.25) is 0 Å². The minimum atomic E-state index is -0.532. The van der Waals surface area contributed by atoms with Gasteiger partial charge in [-0.25, -0.2) is 4.79 Å². The standard InChI is InChI=1S/C16H19BrN2O4S/c1-7-10-12(24-11(7)17)18-15(22)19(13(10)20)9-5-8(6-9)14(21)23-16(2,3)4/h8-9H,5-6H2,1-4H3,(H,18,22). The predicted octanol–water partition coefficient (Wildman–Crippen LogP) is 3.12. The summed E-state index contributed by atoms with van der Waals surface area (Å²) in [5.74, 6) is -0.523. The molecule has 0 spiro atoms. The van der Waals surface area contributed by atoms with Gasteiger partial charge >= 0.3 is 11.7 Å². The van der Waals surface area contributed by atoms with Gasteiger partial charge in [0.05, 0.1) is 15.1 Å². The zero-order valence-corrected chi connectivity index (χ0v) is 16.3. The smallest absolute Gasteiger partial charge is 0.329 e. The molecule has 3 rings (SSSR count). The van der Waals surface area contributed by atoms with Gasteiger partial charge in [0.25, 0.3) is 5.56 Å². The lowest BCUT2D eigenvalue weighted by Gasteiger charge is -2.35. The fourth-order valence-corrected chi connectivity index (χ4v) is 4.51. The molecule has 1 aliphatic carbocycles. The highest BCUT2D eigenvalue weighted by Crippen LogP contribution is 2.38. The molecule has 0 aliphatic heterocycles. The lowest BCUT2D eigenvalue weighted by atomic mass is 9.80. The molecular weight excluding hydrogens is 396 g/mol. The number of aromatic nitrogens is 2. The number of hydrogen-bond donors (Lipinski definition) is 1. The molecule has 1 saturated carbocycles. The fraction of sp³-hybridized carbons (Fsp3) is 0.562. The van der Waals surface area contributed by atoms with E-state index in [0.717, 1.165) is 9.35 Å². The van der Waals surface area contributed by atoms with Crippen molar-refractivity contribution < 1.29 is 9.53 Å². The Bertz CT molecular complexity index is 928. The molecule has 24 heavy (non-hydrogen) atoms. The van der Waals surface area contributed by atoms with E-state index in [1.165, 1.54) is 15.9 Å². The van der Waals surface area contributed by atoms with Gasteiger partial charge in [-0.15, -0.1) is 11.3 Å². The zero-order chi connectivity index (χ0) is 17.8. The van der Waals surface area contributed by atoms with Crippen LogP contribution < -0.4 is 11.2 Å². The minimum Gasteiger partial charge on any atom is -0.460 e. The van der Waals surface area contributed by atoms with E-state index >= 15 is 0 Å². The predicted molar refractivity (Wildman–Crippen MR) is 96.7 cm³/mol. The molecule has 0 amide bonds. The lowest BCUT2D eigenvalue weighted by molar-refractivity contribution is -0.164. The van der Waals surface area contributed by atoms with Crippen molar-refractivity contribution in [2.75, 3.05) is 0 Å². The molecule has 0 bridgehead atoms. The lowest BCUT2D eigenvalue weighted by Crippen LogP contribution is -2.45. The van der Waals surface area contributed by atoms with E-state index in [-0.39, 0.29) is 23.5 Å². The highest BCUT2D eigenvalue weighted by Gasteiger charge is 2.39. The van der Waals surface area contributed by atoms with E-state index in [2.05, 4.69) is 20.9 Å². The molecule has 2 aromatic rings. The van der Waals surface area contributed by atoms with E-state index < -0.39 is 11.3 Å². The number of hydrogen-bond acceptors (Lipinski definition) is 5. The molecule has 8 heteroatoms.